The average molecular weight is 386 g/mol. The summed E-state index contributed by atoms with van der Waals surface area (Å²) < 4.78 is 0. The van der Waals surface area contributed by atoms with Gasteiger partial charge in [-0.05, 0) is 23.6 Å². The van der Waals surface area contributed by atoms with Crippen LogP contribution in [0.25, 0.3) is 10.2 Å². The van der Waals surface area contributed by atoms with E-state index in [9.17, 15) is 9.59 Å². The summed E-state index contributed by atoms with van der Waals surface area (Å²) in [5.74, 6) is -0.222. The van der Waals surface area contributed by atoms with E-state index in [-0.39, 0.29) is 17.2 Å². The first-order chi connectivity index (χ1) is 11.0. The number of nitrogens with one attached hydrogen (secondary N) is 2. The Bertz CT molecular complexity index is 919. The van der Waals surface area contributed by atoms with Gasteiger partial charge in [0.05, 0.1) is 26.9 Å². The highest BCUT2D eigenvalue weighted by Crippen LogP contribution is 2.30. The Morgan fingerprint density at radius 1 is 1.30 bits per heavy atom. The molecule has 0 aliphatic rings. The summed E-state index contributed by atoms with van der Waals surface area (Å²) >= 11 is 14.5. The van der Waals surface area contributed by atoms with Crippen LogP contribution in [0, 0.1) is 0 Å². The third kappa shape index (κ3) is 3.69. The second kappa shape index (κ2) is 6.92. The Labute approximate surface area is 149 Å². The molecule has 1 aromatic carbocycles. The van der Waals surface area contributed by atoms with Gasteiger partial charge in [0.1, 0.15) is 4.83 Å². The van der Waals surface area contributed by atoms with E-state index in [0.717, 1.165) is 11.8 Å². The van der Waals surface area contributed by atoms with Gasteiger partial charge < -0.3 is 10.3 Å². The molecule has 3 rings (SSSR count). The molecule has 0 bridgehead atoms. The maximum Gasteiger partial charge on any atom is 0.260 e. The number of H-pyrrole nitrogens is 1. The maximum atomic E-state index is 12.0. The van der Waals surface area contributed by atoms with Gasteiger partial charge in [-0.15, -0.1) is 11.3 Å². The summed E-state index contributed by atoms with van der Waals surface area (Å²) in [5, 5.41) is 6.12. The molecule has 2 aromatic heterocycles. The molecule has 0 saturated carbocycles. The van der Waals surface area contributed by atoms with Crippen molar-refractivity contribution < 1.29 is 4.79 Å². The molecule has 9 heteroatoms. The first kappa shape index (κ1) is 16.3. The number of carbonyl (C=O) groups is 1. The van der Waals surface area contributed by atoms with E-state index in [1.807, 2.05) is 0 Å². The number of anilines is 1. The summed E-state index contributed by atoms with van der Waals surface area (Å²) in [7, 11) is 0. The van der Waals surface area contributed by atoms with E-state index in [4.69, 9.17) is 23.2 Å². The number of benzene rings is 1. The number of hydrogen-bond acceptors (Lipinski definition) is 5. The molecular weight excluding hydrogens is 377 g/mol. The molecule has 0 fully saturated rings. The monoisotopic (exact) mass is 385 g/mol. The molecule has 23 heavy (non-hydrogen) atoms. The van der Waals surface area contributed by atoms with Crippen molar-refractivity contribution in [3.8, 4) is 0 Å². The van der Waals surface area contributed by atoms with Crippen molar-refractivity contribution in [2.24, 2.45) is 0 Å². The maximum absolute atomic E-state index is 12.0. The van der Waals surface area contributed by atoms with Crippen LogP contribution in [0.3, 0.4) is 0 Å². The lowest BCUT2D eigenvalue weighted by molar-refractivity contribution is -0.113. The third-order valence-electron chi connectivity index (χ3n) is 2.88. The quantitative estimate of drug-likeness (QED) is 0.525. The number of thioether (sulfide) groups is 1. The molecule has 0 atom stereocenters. The fraction of sp³-hybridized carbons (Fsp3) is 0.0714. The van der Waals surface area contributed by atoms with Crippen LogP contribution in [0.1, 0.15) is 0 Å². The number of thiophene rings is 1. The molecule has 2 N–H and O–H groups in total. The van der Waals surface area contributed by atoms with Gasteiger partial charge in [-0.1, -0.05) is 41.0 Å². The van der Waals surface area contributed by atoms with Crippen LogP contribution in [-0.2, 0) is 4.79 Å². The summed E-state index contributed by atoms with van der Waals surface area (Å²) in [5.41, 5.74) is 0.157. The first-order valence-electron chi connectivity index (χ1n) is 6.39. The lowest BCUT2D eigenvalue weighted by Gasteiger charge is -2.08. The van der Waals surface area contributed by atoms with Crippen LogP contribution in [0.5, 0.6) is 0 Å². The number of aromatic amines is 1. The van der Waals surface area contributed by atoms with Gasteiger partial charge in [0.25, 0.3) is 5.56 Å². The molecule has 0 aliphatic heterocycles. The van der Waals surface area contributed by atoms with E-state index in [1.54, 1.807) is 29.6 Å². The lowest BCUT2D eigenvalue weighted by atomic mass is 10.3. The van der Waals surface area contributed by atoms with Crippen molar-refractivity contribution in [3.05, 3.63) is 50.0 Å². The van der Waals surface area contributed by atoms with Gasteiger partial charge in [-0.2, -0.15) is 0 Å². The molecule has 0 aliphatic carbocycles. The number of fused-ring (bicyclic) bond motifs is 1. The Hall–Kier alpha value is -1.54. The van der Waals surface area contributed by atoms with E-state index < -0.39 is 0 Å². The lowest BCUT2D eigenvalue weighted by Crippen LogP contribution is -2.16. The average Bonchev–Trinajstić information content (AvgIpc) is 2.98. The van der Waals surface area contributed by atoms with Crippen molar-refractivity contribution in [3.63, 3.8) is 0 Å². The van der Waals surface area contributed by atoms with Gasteiger partial charge in [0, 0.05) is 0 Å². The molecule has 0 saturated heterocycles. The summed E-state index contributed by atoms with van der Waals surface area (Å²) in [6, 6.07) is 6.69. The van der Waals surface area contributed by atoms with Crippen molar-refractivity contribution in [1.82, 2.24) is 9.97 Å². The predicted octanol–water partition coefficient (Wildman–Crippen LogP) is 4.02. The van der Waals surface area contributed by atoms with Crippen molar-refractivity contribution in [2.45, 2.75) is 5.16 Å². The van der Waals surface area contributed by atoms with E-state index in [0.29, 0.717) is 31.1 Å². The second-order valence-corrected chi connectivity index (χ2v) is 7.12. The Morgan fingerprint density at radius 3 is 2.78 bits per heavy atom. The fourth-order valence-corrected chi connectivity index (χ4v) is 3.82. The summed E-state index contributed by atoms with van der Waals surface area (Å²) in [4.78, 5) is 31.5. The minimum absolute atomic E-state index is 0.0708. The van der Waals surface area contributed by atoms with E-state index in [2.05, 4.69) is 15.3 Å². The number of carbonyl (C=O) groups excluding carboxylic acids is 1. The van der Waals surface area contributed by atoms with Gasteiger partial charge in [0.15, 0.2) is 5.16 Å². The van der Waals surface area contributed by atoms with Crippen molar-refractivity contribution >= 4 is 68.1 Å². The largest absolute Gasteiger partial charge is 0.323 e. The van der Waals surface area contributed by atoms with Crippen LogP contribution in [0.2, 0.25) is 10.0 Å². The third-order valence-corrected chi connectivity index (χ3v) is 5.19. The Morgan fingerprint density at radius 2 is 2.04 bits per heavy atom. The standard InChI is InChI=1S/C14H9Cl2N3O2S2/c15-8-2-1-3-9(16)11(8)17-10(20)6-23-14-18-12(21)7-4-5-22-13(7)19-14/h1-5H,6H2,(H,17,20)(H,18,19,21). The van der Waals surface area contributed by atoms with Crippen LogP contribution < -0.4 is 10.9 Å². The zero-order chi connectivity index (χ0) is 16.4. The van der Waals surface area contributed by atoms with E-state index in [1.165, 1.54) is 11.3 Å². The van der Waals surface area contributed by atoms with E-state index >= 15 is 0 Å². The molecule has 1 amide bonds. The molecule has 5 nitrogen and oxygen atoms in total. The molecule has 118 valence electrons. The number of aromatic nitrogens is 2. The number of amides is 1. The molecule has 2 heterocycles. The van der Waals surface area contributed by atoms with Crippen LogP contribution in [0.4, 0.5) is 5.69 Å². The minimum atomic E-state index is -0.293. The molecule has 0 spiro atoms. The van der Waals surface area contributed by atoms with Crippen molar-refractivity contribution in [1.29, 1.82) is 0 Å². The minimum Gasteiger partial charge on any atom is -0.323 e. The highest BCUT2D eigenvalue weighted by atomic mass is 35.5. The number of halogens is 2. The summed E-state index contributed by atoms with van der Waals surface area (Å²) in [6.45, 7) is 0. The number of para-hydroxylation sites is 1. The Balaban J connectivity index is 1.69. The normalized spacial score (nSPS) is 10.9. The molecule has 0 radical (unpaired) electrons. The Kier molecular flexibility index (Phi) is 4.91. The predicted molar refractivity (Wildman–Crippen MR) is 96.1 cm³/mol. The first-order valence-corrected chi connectivity index (χ1v) is 9.01. The molecule has 3 aromatic rings. The highest BCUT2D eigenvalue weighted by molar-refractivity contribution is 7.99. The number of nitrogens with zero attached hydrogens (tertiary/aromatic N) is 1. The van der Waals surface area contributed by atoms with Crippen molar-refractivity contribution in [2.75, 3.05) is 11.1 Å². The summed E-state index contributed by atoms with van der Waals surface area (Å²) in [6.07, 6.45) is 0. The van der Waals surface area contributed by atoms with Gasteiger partial charge >= 0.3 is 0 Å². The topological polar surface area (TPSA) is 74.8 Å². The molecule has 0 unspecified atom stereocenters. The zero-order valence-electron chi connectivity index (χ0n) is 11.4. The van der Waals surface area contributed by atoms with Gasteiger partial charge in [-0.3, -0.25) is 9.59 Å². The van der Waals surface area contributed by atoms with Gasteiger partial charge in [-0.25, -0.2) is 4.98 Å². The number of rotatable bonds is 4. The second-order valence-electron chi connectivity index (χ2n) is 4.44. The highest BCUT2D eigenvalue weighted by Gasteiger charge is 2.11. The smallest absolute Gasteiger partial charge is 0.260 e. The molecular formula is C14H9Cl2N3O2S2. The van der Waals surface area contributed by atoms with Gasteiger partial charge in [0.2, 0.25) is 5.91 Å². The fourth-order valence-electron chi connectivity index (χ4n) is 1.84. The zero-order valence-corrected chi connectivity index (χ0v) is 14.6. The van der Waals surface area contributed by atoms with Crippen LogP contribution in [-0.4, -0.2) is 21.6 Å². The SMILES string of the molecule is O=C(CSc1nc2sccc2c(=O)[nH]1)Nc1c(Cl)cccc1Cl. The van der Waals surface area contributed by atoms with Crippen LogP contribution in [0.15, 0.2) is 39.6 Å². The van der Waals surface area contributed by atoms with Crippen LogP contribution >= 0.6 is 46.3 Å². The number of hydrogen-bond donors (Lipinski definition) is 2.